The highest BCUT2D eigenvalue weighted by molar-refractivity contribution is 5.97. The third kappa shape index (κ3) is 4.22. The number of carbonyl (C=O) groups is 1. The van der Waals surface area contributed by atoms with Gasteiger partial charge >= 0.3 is 0 Å². The SMILES string of the molecule is Cc1cccc(N2C[C@H](c3cc(=O)[nH]c(NCCc4cnccn4)n3)CC2=O)c1C. The van der Waals surface area contributed by atoms with Crippen molar-refractivity contribution in [2.45, 2.75) is 32.6 Å². The molecule has 0 bridgehead atoms. The predicted molar refractivity (Wildman–Crippen MR) is 115 cm³/mol. The fraction of sp³-hybridized carbons (Fsp3) is 0.318. The molecular weight excluding hydrogens is 380 g/mol. The van der Waals surface area contributed by atoms with E-state index in [1.807, 2.05) is 32.0 Å². The summed E-state index contributed by atoms with van der Waals surface area (Å²) in [7, 11) is 0. The first-order chi connectivity index (χ1) is 14.5. The molecule has 8 nitrogen and oxygen atoms in total. The molecule has 3 heterocycles. The highest BCUT2D eigenvalue weighted by Gasteiger charge is 2.33. The Hall–Kier alpha value is -3.55. The molecule has 0 aliphatic carbocycles. The van der Waals surface area contributed by atoms with E-state index in [4.69, 9.17) is 0 Å². The van der Waals surface area contributed by atoms with Crippen molar-refractivity contribution in [2.24, 2.45) is 0 Å². The molecule has 0 spiro atoms. The van der Waals surface area contributed by atoms with Gasteiger partial charge in [-0.3, -0.25) is 24.5 Å². The summed E-state index contributed by atoms with van der Waals surface area (Å²) in [5.41, 5.74) is 4.41. The molecule has 2 N–H and O–H groups in total. The van der Waals surface area contributed by atoms with Crippen molar-refractivity contribution in [3.63, 3.8) is 0 Å². The van der Waals surface area contributed by atoms with Gasteiger partial charge in [0.1, 0.15) is 0 Å². The van der Waals surface area contributed by atoms with Crippen molar-refractivity contribution in [1.82, 2.24) is 19.9 Å². The van der Waals surface area contributed by atoms with Crippen LogP contribution in [-0.2, 0) is 11.2 Å². The van der Waals surface area contributed by atoms with Crippen molar-refractivity contribution in [2.75, 3.05) is 23.3 Å². The number of anilines is 2. The molecule has 4 rings (SSSR count). The quantitative estimate of drug-likeness (QED) is 0.654. The number of hydrogen-bond acceptors (Lipinski definition) is 6. The van der Waals surface area contributed by atoms with Crippen LogP contribution in [0.2, 0.25) is 0 Å². The van der Waals surface area contributed by atoms with E-state index < -0.39 is 0 Å². The zero-order chi connectivity index (χ0) is 21.1. The normalized spacial score (nSPS) is 16.1. The maximum Gasteiger partial charge on any atom is 0.252 e. The Bertz CT molecular complexity index is 1110. The molecule has 1 fully saturated rings. The molecule has 2 aromatic heterocycles. The Labute approximate surface area is 174 Å². The molecule has 1 aliphatic rings. The minimum absolute atomic E-state index is 0.0490. The number of rotatable bonds is 6. The molecule has 1 saturated heterocycles. The first kappa shape index (κ1) is 19.8. The maximum absolute atomic E-state index is 12.7. The Morgan fingerprint density at radius 1 is 1.23 bits per heavy atom. The average molecular weight is 404 g/mol. The summed E-state index contributed by atoms with van der Waals surface area (Å²) in [5, 5.41) is 3.14. The van der Waals surface area contributed by atoms with Gasteiger partial charge in [-0.25, -0.2) is 4.98 Å². The van der Waals surface area contributed by atoms with Crippen molar-refractivity contribution in [3.05, 3.63) is 75.7 Å². The summed E-state index contributed by atoms with van der Waals surface area (Å²) in [4.78, 5) is 42.2. The molecule has 0 saturated carbocycles. The highest BCUT2D eigenvalue weighted by Crippen LogP contribution is 2.33. The van der Waals surface area contributed by atoms with Gasteiger partial charge in [-0.1, -0.05) is 12.1 Å². The summed E-state index contributed by atoms with van der Waals surface area (Å²) in [5.74, 6) is 0.326. The summed E-state index contributed by atoms with van der Waals surface area (Å²) >= 11 is 0. The van der Waals surface area contributed by atoms with E-state index in [0.717, 1.165) is 22.5 Å². The van der Waals surface area contributed by atoms with E-state index in [1.165, 1.54) is 6.07 Å². The molecule has 30 heavy (non-hydrogen) atoms. The fourth-order valence-corrected chi connectivity index (χ4v) is 3.70. The Morgan fingerprint density at radius 2 is 2.10 bits per heavy atom. The maximum atomic E-state index is 12.7. The predicted octanol–water partition coefficient (Wildman–Crippen LogP) is 2.35. The van der Waals surface area contributed by atoms with Crippen LogP contribution in [0.15, 0.2) is 47.7 Å². The minimum Gasteiger partial charge on any atom is -0.355 e. The monoisotopic (exact) mass is 404 g/mol. The molecule has 8 heteroatoms. The van der Waals surface area contributed by atoms with Crippen LogP contribution in [0.25, 0.3) is 0 Å². The summed E-state index contributed by atoms with van der Waals surface area (Å²) < 4.78 is 0. The van der Waals surface area contributed by atoms with Gasteiger partial charge in [0.05, 0.1) is 11.4 Å². The van der Waals surface area contributed by atoms with Crippen molar-refractivity contribution < 1.29 is 4.79 Å². The average Bonchev–Trinajstić information content (AvgIpc) is 3.12. The Morgan fingerprint density at radius 3 is 2.90 bits per heavy atom. The third-order valence-electron chi connectivity index (χ3n) is 5.46. The van der Waals surface area contributed by atoms with E-state index in [-0.39, 0.29) is 17.4 Å². The third-order valence-corrected chi connectivity index (χ3v) is 5.46. The summed E-state index contributed by atoms with van der Waals surface area (Å²) in [6.07, 6.45) is 5.98. The lowest BCUT2D eigenvalue weighted by Gasteiger charge is -2.20. The molecule has 1 aliphatic heterocycles. The molecule has 1 atom stereocenters. The van der Waals surface area contributed by atoms with Gasteiger partial charge in [0, 0.05) is 62.2 Å². The first-order valence-corrected chi connectivity index (χ1v) is 9.98. The standard InChI is InChI=1S/C22H24N6O2/c1-14-4-3-5-19(15(14)2)28-13-16(10-21(28)30)18-11-20(29)27-22(26-18)25-7-6-17-12-23-8-9-24-17/h3-5,8-9,11-12,16H,6-7,10,13H2,1-2H3,(H2,25,26,27,29)/t16-/m1/s1. The lowest BCUT2D eigenvalue weighted by molar-refractivity contribution is -0.117. The second-order valence-electron chi connectivity index (χ2n) is 7.52. The smallest absolute Gasteiger partial charge is 0.252 e. The fourth-order valence-electron chi connectivity index (χ4n) is 3.70. The molecule has 0 radical (unpaired) electrons. The zero-order valence-electron chi connectivity index (χ0n) is 17.1. The largest absolute Gasteiger partial charge is 0.355 e. The number of hydrogen-bond donors (Lipinski definition) is 2. The number of nitrogens with one attached hydrogen (secondary N) is 2. The van der Waals surface area contributed by atoms with Crippen LogP contribution in [0.1, 0.15) is 34.9 Å². The van der Waals surface area contributed by atoms with Crippen molar-refractivity contribution in [3.8, 4) is 0 Å². The van der Waals surface area contributed by atoms with Gasteiger partial charge < -0.3 is 10.2 Å². The Kier molecular flexibility index (Phi) is 5.56. The van der Waals surface area contributed by atoms with Gasteiger partial charge in [-0.05, 0) is 31.0 Å². The summed E-state index contributed by atoms with van der Waals surface area (Å²) in [6, 6.07) is 7.45. The molecule has 3 aromatic rings. The van der Waals surface area contributed by atoms with Crippen molar-refractivity contribution in [1.29, 1.82) is 0 Å². The molecule has 1 amide bonds. The van der Waals surface area contributed by atoms with Crippen LogP contribution in [0.5, 0.6) is 0 Å². The molecule has 0 unspecified atom stereocenters. The molecular formula is C22H24N6O2. The van der Waals surface area contributed by atoms with Crippen LogP contribution in [-0.4, -0.2) is 38.9 Å². The molecule has 1 aromatic carbocycles. The van der Waals surface area contributed by atoms with Gasteiger partial charge in [0.25, 0.3) is 5.56 Å². The van der Waals surface area contributed by atoms with Gasteiger partial charge in [-0.15, -0.1) is 0 Å². The van der Waals surface area contributed by atoms with Crippen LogP contribution in [0, 0.1) is 13.8 Å². The summed E-state index contributed by atoms with van der Waals surface area (Å²) in [6.45, 7) is 5.13. The highest BCUT2D eigenvalue weighted by atomic mass is 16.2. The number of aromatic amines is 1. The number of nitrogens with zero attached hydrogens (tertiary/aromatic N) is 4. The minimum atomic E-state index is -0.236. The van der Waals surface area contributed by atoms with Crippen LogP contribution in [0.4, 0.5) is 11.6 Å². The first-order valence-electron chi connectivity index (χ1n) is 9.98. The van der Waals surface area contributed by atoms with Crippen LogP contribution < -0.4 is 15.8 Å². The number of H-pyrrole nitrogens is 1. The number of amides is 1. The van der Waals surface area contributed by atoms with Gasteiger partial charge in [-0.2, -0.15) is 0 Å². The molecule has 154 valence electrons. The van der Waals surface area contributed by atoms with E-state index >= 15 is 0 Å². The Balaban J connectivity index is 1.48. The topological polar surface area (TPSA) is 104 Å². The van der Waals surface area contributed by atoms with Crippen LogP contribution >= 0.6 is 0 Å². The van der Waals surface area contributed by atoms with Crippen LogP contribution in [0.3, 0.4) is 0 Å². The van der Waals surface area contributed by atoms with E-state index in [1.54, 1.807) is 23.5 Å². The number of aryl methyl sites for hydroxylation is 1. The van der Waals surface area contributed by atoms with E-state index in [9.17, 15) is 9.59 Å². The van der Waals surface area contributed by atoms with Gasteiger partial charge in [0.15, 0.2) is 0 Å². The number of carbonyl (C=O) groups excluding carboxylic acids is 1. The lowest BCUT2D eigenvalue weighted by atomic mass is 10.0. The number of benzene rings is 1. The lowest BCUT2D eigenvalue weighted by Crippen LogP contribution is -2.25. The number of aromatic nitrogens is 4. The second kappa shape index (κ2) is 8.44. The van der Waals surface area contributed by atoms with Gasteiger partial charge in [0.2, 0.25) is 11.9 Å². The van der Waals surface area contributed by atoms with E-state index in [0.29, 0.717) is 37.6 Å². The van der Waals surface area contributed by atoms with E-state index in [2.05, 4.69) is 25.3 Å². The zero-order valence-corrected chi connectivity index (χ0v) is 17.1. The van der Waals surface area contributed by atoms with Crippen molar-refractivity contribution >= 4 is 17.5 Å². The second-order valence-corrected chi connectivity index (χ2v) is 7.52.